The van der Waals surface area contributed by atoms with Crippen molar-refractivity contribution in [2.45, 2.75) is 18.7 Å². The quantitative estimate of drug-likeness (QED) is 0.529. The summed E-state index contributed by atoms with van der Waals surface area (Å²) < 4.78 is 13.0. The summed E-state index contributed by atoms with van der Waals surface area (Å²) in [7, 11) is 1.68. The highest BCUT2D eigenvalue weighted by molar-refractivity contribution is 9.10. The molecule has 2 aliphatic rings. The molecule has 2 heterocycles. The van der Waals surface area contributed by atoms with Gasteiger partial charge in [-0.3, -0.25) is 0 Å². The van der Waals surface area contributed by atoms with Crippen molar-refractivity contribution < 1.29 is 9.47 Å². The minimum absolute atomic E-state index is 0.133. The van der Waals surface area contributed by atoms with Crippen molar-refractivity contribution in [3.8, 4) is 11.5 Å². The Labute approximate surface area is 172 Å². The highest BCUT2D eigenvalue weighted by Crippen LogP contribution is 2.49. The minimum Gasteiger partial charge on any atom is -0.496 e. The maximum atomic E-state index is 6.43. The molecular weight excluding hydrogens is 416 g/mol. The van der Waals surface area contributed by atoms with E-state index in [1.165, 1.54) is 5.56 Å². The summed E-state index contributed by atoms with van der Waals surface area (Å²) in [6, 6.07) is 24.7. The lowest BCUT2D eigenvalue weighted by Crippen LogP contribution is -2.33. The highest BCUT2D eigenvalue weighted by Gasteiger charge is 2.41. The number of methoxy groups -OCH3 is 1. The topological polar surface area (TPSA) is 34.1 Å². The Balaban J connectivity index is 1.64. The molecule has 5 rings (SSSR count). The third-order valence-corrected chi connectivity index (χ3v) is 5.76. The lowest BCUT2D eigenvalue weighted by Gasteiger charge is -2.38. The molecular formula is C23H19BrN2O2. The van der Waals surface area contributed by atoms with Crippen LogP contribution in [-0.2, 0) is 0 Å². The van der Waals surface area contributed by atoms with E-state index in [0.29, 0.717) is 0 Å². The largest absolute Gasteiger partial charge is 0.496 e. The molecule has 0 fully saturated rings. The zero-order valence-corrected chi connectivity index (χ0v) is 17.0. The zero-order valence-electron chi connectivity index (χ0n) is 15.4. The van der Waals surface area contributed by atoms with Crippen LogP contribution in [0.1, 0.15) is 35.4 Å². The van der Waals surface area contributed by atoms with E-state index in [1.807, 2.05) is 36.4 Å². The van der Waals surface area contributed by atoms with Crippen LogP contribution in [0.3, 0.4) is 0 Å². The predicted octanol–water partition coefficient (Wildman–Crippen LogP) is 5.70. The number of fused-ring (bicyclic) bond motifs is 3. The number of halogens is 1. The normalized spacial score (nSPS) is 20.1. The van der Waals surface area contributed by atoms with Crippen LogP contribution in [0.2, 0.25) is 0 Å². The smallest absolute Gasteiger partial charge is 0.217 e. The van der Waals surface area contributed by atoms with Gasteiger partial charge in [-0.25, -0.2) is 5.01 Å². The number of hydrogen-bond donors (Lipinski definition) is 0. The van der Waals surface area contributed by atoms with Crippen LogP contribution in [0, 0.1) is 0 Å². The van der Waals surface area contributed by atoms with Crippen LogP contribution in [0.15, 0.2) is 82.4 Å². The van der Waals surface area contributed by atoms with Crippen LogP contribution in [0.5, 0.6) is 11.5 Å². The Morgan fingerprint density at radius 3 is 2.61 bits per heavy atom. The van der Waals surface area contributed by atoms with Crippen molar-refractivity contribution >= 4 is 21.6 Å². The molecule has 0 spiro atoms. The van der Waals surface area contributed by atoms with Crippen LogP contribution in [0.25, 0.3) is 0 Å². The molecule has 28 heavy (non-hydrogen) atoms. The number of rotatable bonds is 3. The van der Waals surface area contributed by atoms with Crippen LogP contribution >= 0.6 is 15.9 Å². The minimum atomic E-state index is -0.353. The number of hydrogen-bond acceptors (Lipinski definition) is 4. The average Bonchev–Trinajstić information content (AvgIpc) is 3.19. The van der Waals surface area contributed by atoms with Gasteiger partial charge in [-0.2, -0.15) is 5.10 Å². The highest BCUT2D eigenvalue weighted by atomic mass is 79.9. The molecule has 0 aliphatic carbocycles. The number of ether oxygens (including phenoxy) is 2. The maximum Gasteiger partial charge on any atom is 0.217 e. The Bertz CT molecular complexity index is 1050. The second kappa shape index (κ2) is 6.99. The standard InChI is InChI=1S/C23H19BrN2O2/c1-27-21-12-11-16(24)13-18(21)23-26-20(17-9-5-6-10-22(17)28-23)14-19(25-26)15-7-3-2-4-8-15/h2-13,20,23H,14H2,1H3/t20-,23+/m1/s1. The molecule has 0 N–H and O–H groups in total. The summed E-state index contributed by atoms with van der Waals surface area (Å²) in [5, 5.41) is 7.07. The molecule has 0 amide bonds. The first-order valence-electron chi connectivity index (χ1n) is 9.25. The fraction of sp³-hybridized carbons (Fsp3) is 0.174. The van der Waals surface area contributed by atoms with E-state index in [-0.39, 0.29) is 12.3 Å². The van der Waals surface area contributed by atoms with E-state index in [2.05, 4.69) is 57.3 Å². The van der Waals surface area contributed by atoms with Crippen LogP contribution in [0.4, 0.5) is 0 Å². The summed E-state index contributed by atoms with van der Waals surface area (Å²) in [4.78, 5) is 0. The molecule has 0 saturated heterocycles. The van der Waals surface area contributed by atoms with Gasteiger partial charge in [0, 0.05) is 16.5 Å². The van der Waals surface area contributed by atoms with Gasteiger partial charge in [0.2, 0.25) is 6.23 Å². The van der Waals surface area contributed by atoms with Gasteiger partial charge in [0.1, 0.15) is 11.5 Å². The van der Waals surface area contributed by atoms with Crippen LogP contribution in [-0.4, -0.2) is 17.8 Å². The molecule has 4 nitrogen and oxygen atoms in total. The van der Waals surface area contributed by atoms with Gasteiger partial charge in [0.15, 0.2) is 0 Å². The first-order valence-corrected chi connectivity index (χ1v) is 10.0. The van der Waals surface area contributed by atoms with E-state index in [0.717, 1.165) is 39.2 Å². The lowest BCUT2D eigenvalue weighted by molar-refractivity contribution is -0.0203. The molecule has 140 valence electrons. The predicted molar refractivity (Wildman–Crippen MR) is 113 cm³/mol. The van der Waals surface area contributed by atoms with Crippen molar-refractivity contribution in [2.75, 3.05) is 7.11 Å². The molecule has 0 saturated carbocycles. The van der Waals surface area contributed by atoms with Gasteiger partial charge < -0.3 is 9.47 Å². The molecule has 2 aliphatic heterocycles. The summed E-state index contributed by atoms with van der Waals surface area (Å²) >= 11 is 3.58. The Morgan fingerprint density at radius 2 is 1.79 bits per heavy atom. The lowest BCUT2D eigenvalue weighted by atomic mass is 9.96. The third kappa shape index (κ3) is 2.87. The summed E-state index contributed by atoms with van der Waals surface area (Å²) in [6.45, 7) is 0. The van der Waals surface area contributed by atoms with Gasteiger partial charge in [0.25, 0.3) is 0 Å². The van der Waals surface area contributed by atoms with Crippen molar-refractivity contribution in [3.05, 3.63) is 94.0 Å². The Kier molecular flexibility index (Phi) is 4.32. The molecule has 0 aromatic heterocycles. The van der Waals surface area contributed by atoms with E-state index in [1.54, 1.807) is 7.11 Å². The van der Waals surface area contributed by atoms with Crippen molar-refractivity contribution in [3.63, 3.8) is 0 Å². The summed E-state index contributed by atoms with van der Waals surface area (Å²) in [5.41, 5.74) is 4.34. The van der Waals surface area contributed by atoms with Crippen molar-refractivity contribution in [1.82, 2.24) is 5.01 Å². The number of benzene rings is 3. The Hall–Kier alpha value is -2.79. The first-order chi connectivity index (χ1) is 13.7. The van der Waals surface area contributed by atoms with E-state index in [9.17, 15) is 0 Å². The van der Waals surface area contributed by atoms with E-state index < -0.39 is 0 Å². The van der Waals surface area contributed by atoms with Crippen molar-refractivity contribution in [2.24, 2.45) is 5.10 Å². The summed E-state index contributed by atoms with van der Waals surface area (Å²) in [5.74, 6) is 1.69. The second-order valence-electron chi connectivity index (χ2n) is 6.91. The van der Waals surface area contributed by atoms with Gasteiger partial charge >= 0.3 is 0 Å². The van der Waals surface area contributed by atoms with E-state index in [4.69, 9.17) is 14.6 Å². The van der Waals surface area contributed by atoms with Gasteiger partial charge in [0.05, 0.1) is 24.4 Å². The Morgan fingerprint density at radius 1 is 1.00 bits per heavy atom. The molecule has 0 unspecified atom stereocenters. The zero-order chi connectivity index (χ0) is 19.1. The average molecular weight is 435 g/mol. The molecule has 2 atom stereocenters. The first kappa shape index (κ1) is 17.3. The van der Waals surface area contributed by atoms with Gasteiger partial charge in [-0.1, -0.05) is 64.5 Å². The second-order valence-corrected chi connectivity index (χ2v) is 7.82. The number of para-hydroxylation sites is 1. The van der Waals surface area contributed by atoms with Gasteiger partial charge in [-0.05, 0) is 29.8 Å². The monoisotopic (exact) mass is 434 g/mol. The fourth-order valence-electron chi connectivity index (χ4n) is 3.94. The number of nitrogens with zero attached hydrogens (tertiary/aromatic N) is 2. The molecule has 0 radical (unpaired) electrons. The molecule has 0 bridgehead atoms. The number of hydrazone groups is 1. The molecule has 5 heteroatoms. The van der Waals surface area contributed by atoms with Gasteiger partial charge in [-0.15, -0.1) is 0 Å². The summed E-state index contributed by atoms with van der Waals surface area (Å²) in [6.07, 6.45) is 0.491. The third-order valence-electron chi connectivity index (χ3n) is 5.26. The van der Waals surface area contributed by atoms with Crippen LogP contribution < -0.4 is 9.47 Å². The van der Waals surface area contributed by atoms with E-state index >= 15 is 0 Å². The van der Waals surface area contributed by atoms with Crippen molar-refractivity contribution in [1.29, 1.82) is 0 Å². The maximum absolute atomic E-state index is 6.43. The molecule has 3 aromatic rings. The molecule has 3 aromatic carbocycles. The fourth-order valence-corrected chi connectivity index (χ4v) is 4.32. The SMILES string of the molecule is COc1ccc(Br)cc1[C@@H]1Oc2ccccc2[C@H]2CC(c3ccccc3)=NN21.